The summed E-state index contributed by atoms with van der Waals surface area (Å²) in [7, 11) is 0. The lowest BCUT2D eigenvalue weighted by Crippen LogP contribution is -1.93. The average molecular weight is 181 g/mol. The van der Waals surface area contributed by atoms with Crippen LogP contribution in [0.2, 0.25) is 0 Å². The maximum Gasteiger partial charge on any atom is 0.166 e. The van der Waals surface area contributed by atoms with Gasteiger partial charge < -0.3 is 15.1 Å². The molecule has 70 valence electrons. The molecule has 0 bridgehead atoms. The zero-order chi connectivity index (χ0) is 9.68. The van der Waals surface area contributed by atoms with Crippen LogP contribution < -0.4 is 4.74 Å². The molecule has 4 nitrogen and oxygen atoms in total. The Kier molecular flexibility index (Phi) is 3.14. The van der Waals surface area contributed by atoms with Crippen molar-refractivity contribution in [2.24, 2.45) is 5.16 Å². The van der Waals surface area contributed by atoms with E-state index in [1.54, 1.807) is 18.2 Å². The molecule has 0 radical (unpaired) electrons. The van der Waals surface area contributed by atoms with E-state index >= 15 is 0 Å². The number of hydrogen-bond acceptors (Lipinski definition) is 4. The van der Waals surface area contributed by atoms with E-state index in [0.717, 1.165) is 6.21 Å². The summed E-state index contributed by atoms with van der Waals surface area (Å²) in [5.41, 5.74) is 0.424. The Balaban J connectivity index is 3.03. The van der Waals surface area contributed by atoms with Gasteiger partial charge in [-0.2, -0.15) is 0 Å². The monoisotopic (exact) mass is 181 g/mol. The lowest BCUT2D eigenvalue weighted by atomic mass is 10.2. The van der Waals surface area contributed by atoms with E-state index in [-0.39, 0.29) is 5.75 Å². The van der Waals surface area contributed by atoms with Crippen LogP contribution in [0.25, 0.3) is 0 Å². The van der Waals surface area contributed by atoms with Gasteiger partial charge in [-0.05, 0) is 19.1 Å². The minimum atomic E-state index is -0.0119. The van der Waals surface area contributed by atoms with Crippen molar-refractivity contribution in [3.63, 3.8) is 0 Å². The molecular weight excluding hydrogens is 170 g/mol. The molecule has 0 atom stereocenters. The molecule has 0 aliphatic heterocycles. The Morgan fingerprint density at radius 1 is 1.54 bits per heavy atom. The van der Waals surface area contributed by atoms with Gasteiger partial charge in [0.05, 0.1) is 12.8 Å². The van der Waals surface area contributed by atoms with Crippen LogP contribution >= 0.6 is 0 Å². The topological polar surface area (TPSA) is 62.0 Å². The standard InChI is InChI=1S/C9H11NO3/c1-2-13-8-5-3-4-7(6-10-12)9(8)11/h3-6,11-12H,2H2,1H3/b10-6+. The molecule has 0 amide bonds. The number of rotatable bonds is 3. The summed E-state index contributed by atoms with van der Waals surface area (Å²) in [5, 5.41) is 20.6. The first-order chi connectivity index (χ1) is 6.29. The number of oxime groups is 1. The van der Waals surface area contributed by atoms with Crippen molar-refractivity contribution < 1.29 is 15.1 Å². The van der Waals surface area contributed by atoms with Crippen LogP contribution in [-0.2, 0) is 0 Å². The van der Waals surface area contributed by atoms with Gasteiger partial charge in [0, 0.05) is 5.56 Å². The smallest absolute Gasteiger partial charge is 0.166 e. The van der Waals surface area contributed by atoms with Crippen molar-refractivity contribution in [1.82, 2.24) is 0 Å². The first-order valence-electron chi connectivity index (χ1n) is 3.91. The number of phenols is 1. The molecule has 0 saturated carbocycles. The summed E-state index contributed by atoms with van der Waals surface area (Å²) in [6, 6.07) is 4.98. The molecule has 0 aliphatic rings. The molecule has 0 unspecified atom stereocenters. The Hall–Kier alpha value is -1.71. The number of ether oxygens (including phenoxy) is 1. The van der Waals surface area contributed by atoms with Gasteiger partial charge in [0.15, 0.2) is 11.5 Å². The van der Waals surface area contributed by atoms with E-state index in [0.29, 0.717) is 17.9 Å². The van der Waals surface area contributed by atoms with Crippen LogP contribution in [0, 0.1) is 0 Å². The Bertz CT molecular complexity index is 310. The highest BCUT2D eigenvalue weighted by molar-refractivity contribution is 5.84. The van der Waals surface area contributed by atoms with Crippen LogP contribution in [0.3, 0.4) is 0 Å². The van der Waals surface area contributed by atoms with Crippen molar-refractivity contribution in [1.29, 1.82) is 0 Å². The van der Waals surface area contributed by atoms with Crippen LogP contribution in [0.5, 0.6) is 11.5 Å². The first-order valence-corrected chi connectivity index (χ1v) is 3.91. The van der Waals surface area contributed by atoms with Gasteiger partial charge in [-0.1, -0.05) is 11.2 Å². The van der Waals surface area contributed by atoms with Crippen molar-refractivity contribution >= 4 is 6.21 Å². The molecule has 13 heavy (non-hydrogen) atoms. The zero-order valence-corrected chi connectivity index (χ0v) is 7.27. The second-order valence-electron chi connectivity index (χ2n) is 2.37. The van der Waals surface area contributed by atoms with Crippen molar-refractivity contribution in [2.45, 2.75) is 6.92 Å². The highest BCUT2D eigenvalue weighted by Crippen LogP contribution is 2.28. The quantitative estimate of drug-likeness (QED) is 0.423. The van der Waals surface area contributed by atoms with Gasteiger partial charge in [0.2, 0.25) is 0 Å². The number of nitrogens with zero attached hydrogens (tertiary/aromatic N) is 1. The third kappa shape index (κ3) is 2.11. The summed E-state index contributed by atoms with van der Waals surface area (Å²) in [6.45, 7) is 2.31. The summed E-state index contributed by atoms with van der Waals surface area (Å²) in [6.07, 6.45) is 1.15. The maximum absolute atomic E-state index is 9.52. The molecule has 0 heterocycles. The van der Waals surface area contributed by atoms with E-state index in [1.165, 1.54) is 0 Å². The van der Waals surface area contributed by atoms with Gasteiger partial charge >= 0.3 is 0 Å². The largest absolute Gasteiger partial charge is 0.504 e. The number of hydrogen-bond donors (Lipinski definition) is 2. The molecular formula is C9H11NO3. The molecule has 0 spiro atoms. The highest BCUT2D eigenvalue weighted by Gasteiger charge is 2.05. The highest BCUT2D eigenvalue weighted by atomic mass is 16.5. The normalized spacial score (nSPS) is 10.5. The molecule has 4 heteroatoms. The van der Waals surface area contributed by atoms with Crippen LogP contribution in [0.15, 0.2) is 23.4 Å². The maximum atomic E-state index is 9.52. The summed E-state index contributed by atoms with van der Waals surface area (Å²) in [4.78, 5) is 0. The summed E-state index contributed by atoms with van der Waals surface area (Å²) < 4.78 is 5.13. The Morgan fingerprint density at radius 3 is 2.92 bits per heavy atom. The number of benzene rings is 1. The van der Waals surface area contributed by atoms with Gasteiger partial charge in [-0.25, -0.2) is 0 Å². The van der Waals surface area contributed by atoms with E-state index in [2.05, 4.69) is 5.16 Å². The Morgan fingerprint density at radius 2 is 2.31 bits per heavy atom. The van der Waals surface area contributed by atoms with E-state index in [1.807, 2.05) is 6.92 Å². The zero-order valence-electron chi connectivity index (χ0n) is 7.27. The number of para-hydroxylation sites is 1. The predicted octanol–water partition coefficient (Wildman–Crippen LogP) is 1.60. The fourth-order valence-electron chi connectivity index (χ4n) is 0.978. The minimum Gasteiger partial charge on any atom is -0.504 e. The van der Waals surface area contributed by atoms with E-state index in [4.69, 9.17) is 9.94 Å². The van der Waals surface area contributed by atoms with Gasteiger partial charge in [0.1, 0.15) is 0 Å². The third-order valence-corrected chi connectivity index (χ3v) is 1.53. The average Bonchev–Trinajstić information content (AvgIpc) is 2.13. The fraction of sp³-hybridized carbons (Fsp3) is 0.222. The first kappa shape index (κ1) is 9.38. The summed E-state index contributed by atoms with van der Waals surface area (Å²) >= 11 is 0. The fourth-order valence-corrected chi connectivity index (χ4v) is 0.978. The van der Waals surface area contributed by atoms with Gasteiger partial charge in [-0.15, -0.1) is 0 Å². The van der Waals surface area contributed by atoms with Crippen LogP contribution in [-0.4, -0.2) is 23.1 Å². The third-order valence-electron chi connectivity index (χ3n) is 1.53. The molecule has 0 aromatic heterocycles. The van der Waals surface area contributed by atoms with Crippen molar-refractivity contribution in [3.05, 3.63) is 23.8 Å². The van der Waals surface area contributed by atoms with Crippen LogP contribution in [0.1, 0.15) is 12.5 Å². The SMILES string of the molecule is CCOc1cccc(/C=N/O)c1O. The lowest BCUT2D eigenvalue weighted by Gasteiger charge is -2.06. The second-order valence-corrected chi connectivity index (χ2v) is 2.37. The molecule has 0 saturated heterocycles. The predicted molar refractivity (Wildman–Crippen MR) is 48.7 cm³/mol. The Labute approximate surface area is 76.1 Å². The number of aromatic hydroxyl groups is 1. The van der Waals surface area contributed by atoms with E-state index < -0.39 is 0 Å². The van der Waals surface area contributed by atoms with Crippen LogP contribution in [0.4, 0.5) is 0 Å². The van der Waals surface area contributed by atoms with E-state index in [9.17, 15) is 5.11 Å². The summed E-state index contributed by atoms with van der Waals surface area (Å²) in [5.74, 6) is 0.377. The number of phenolic OH excluding ortho intramolecular Hbond substituents is 1. The van der Waals surface area contributed by atoms with Gasteiger partial charge in [0.25, 0.3) is 0 Å². The molecule has 0 fully saturated rings. The molecule has 1 aromatic rings. The van der Waals surface area contributed by atoms with Gasteiger partial charge in [-0.3, -0.25) is 0 Å². The lowest BCUT2D eigenvalue weighted by molar-refractivity contribution is 0.316. The van der Waals surface area contributed by atoms with Crippen molar-refractivity contribution in [2.75, 3.05) is 6.61 Å². The van der Waals surface area contributed by atoms with Crippen molar-refractivity contribution in [3.8, 4) is 11.5 Å². The second kappa shape index (κ2) is 4.35. The molecule has 1 rings (SSSR count). The molecule has 2 N–H and O–H groups in total. The molecule has 1 aromatic carbocycles. The minimum absolute atomic E-state index is 0.0119. The molecule has 0 aliphatic carbocycles.